The van der Waals surface area contributed by atoms with E-state index in [4.69, 9.17) is 5.11 Å². The molecule has 0 bridgehead atoms. The van der Waals surface area contributed by atoms with Gasteiger partial charge >= 0.3 is 5.97 Å². The largest absolute Gasteiger partial charge is 0.478 e. The second-order valence-electron chi connectivity index (χ2n) is 3.44. The van der Waals surface area contributed by atoms with Crippen LogP contribution in [0.15, 0.2) is 24.5 Å². The topological polar surface area (TPSA) is 55.1 Å². The molecular formula is C10H12N2O2. The average Bonchev–Trinajstić information content (AvgIpc) is 2.68. The highest BCUT2D eigenvalue weighted by Gasteiger charge is 2.13. The molecule has 1 aromatic heterocycles. The van der Waals surface area contributed by atoms with Crippen molar-refractivity contribution in [3.63, 3.8) is 0 Å². The molecule has 1 heterocycles. The molecule has 0 radical (unpaired) electrons. The minimum absolute atomic E-state index is 0.233. The first kappa shape index (κ1) is 8.99. The van der Waals surface area contributed by atoms with Crippen LogP contribution in [-0.2, 0) is 0 Å². The van der Waals surface area contributed by atoms with Crippen LogP contribution in [0.4, 0.5) is 0 Å². The molecule has 0 spiro atoms. The fourth-order valence-corrected chi connectivity index (χ4v) is 1.64. The van der Waals surface area contributed by atoms with Gasteiger partial charge in [-0.05, 0) is 19.3 Å². The lowest BCUT2D eigenvalue weighted by Crippen LogP contribution is -2.09. The third kappa shape index (κ3) is 1.69. The second kappa shape index (κ2) is 3.65. The minimum atomic E-state index is -0.920. The van der Waals surface area contributed by atoms with Crippen LogP contribution >= 0.6 is 0 Å². The predicted molar refractivity (Wildman–Crippen MR) is 51.2 cm³/mol. The summed E-state index contributed by atoms with van der Waals surface area (Å²) in [4.78, 5) is 10.6. The van der Waals surface area contributed by atoms with E-state index in [1.165, 1.54) is 6.20 Å². The van der Waals surface area contributed by atoms with Crippen molar-refractivity contribution in [1.82, 2.24) is 9.78 Å². The molecule has 74 valence electrons. The molecule has 1 aliphatic carbocycles. The van der Waals surface area contributed by atoms with Crippen molar-refractivity contribution in [2.75, 3.05) is 0 Å². The summed E-state index contributed by atoms with van der Waals surface area (Å²) in [6.07, 6.45) is 10.5. The Balaban J connectivity index is 2.19. The van der Waals surface area contributed by atoms with Crippen LogP contribution in [0.25, 0.3) is 0 Å². The Bertz CT molecular complexity index is 368. The Labute approximate surface area is 81.9 Å². The summed E-state index contributed by atoms with van der Waals surface area (Å²) in [6, 6.07) is 0.233. The lowest BCUT2D eigenvalue weighted by Gasteiger charge is -2.16. The summed E-state index contributed by atoms with van der Waals surface area (Å²) in [5.41, 5.74) is 0.254. The Morgan fingerprint density at radius 3 is 3.07 bits per heavy atom. The van der Waals surface area contributed by atoms with Gasteiger partial charge in [-0.1, -0.05) is 12.2 Å². The number of allylic oxidation sites excluding steroid dienone is 2. The van der Waals surface area contributed by atoms with Gasteiger partial charge in [-0.25, -0.2) is 4.79 Å². The zero-order valence-corrected chi connectivity index (χ0v) is 7.76. The molecule has 4 nitrogen and oxygen atoms in total. The molecule has 0 saturated carbocycles. The highest BCUT2D eigenvalue weighted by atomic mass is 16.4. The third-order valence-corrected chi connectivity index (χ3v) is 2.42. The van der Waals surface area contributed by atoms with Gasteiger partial charge in [0.05, 0.1) is 17.8 Å². The fraction of sp³-hybridized carbons (Fsp3) is 0.400. The Hall–Kier alpha value is -1.58. The molecule has 1 atom stereocenters. The molecule has 0 aromatic carbocycles. The van der Waals surface area contributed by atoms with E-state index in [1.807, 2.05) is 0 Å². The molecule has 1 N–H and O–H groups in total. The van der Waals surface area contributed by atoms with Gasteiger partial charge in [0.15, 0.2) is 0 Å². The van der Waals surface area contributed by atoms with Gasteiger partial charge in [0.1, 0.15) is 0 Å². The van der Waals surface area contributed by atoms with Crippen molar-refractivity contribution in [2.24, 2.45) is 0 Å². The molecule has 1 aromatic rings. The fourth-order valence-electron chi connectivity index (χ4n) is 1.64. The number of aromatic carboxylic acids is 1. The van der Waals surface area contributed by atoms with E-state index in [-0.39, 0.29) is 11.6 Å². The van der Waals surface area contributed by atoms with Gasteiger partial charge in [-0.15, -0.1) is 0 Å². The molecule has 0 saturated heterocycles. The monoisotopic (exact) mass is 192 g/mol. The number of hydrogen-bond donors (Lipinski definition) is 1. The highest BCUT2D eigenvalue weighted by Crippen LogP contribution is 2.21. The van der Waals surface area contributed by atoms with Crippen LogP contribution in [0, 0.1) is 0 Å². The van der Waals surface area contributed by atoms with Crippen LogP contribution in [0.3, 0.4) is 0 Å². The lowest BCUT2D eigenvalue weighted by molar-refractivity contribution is 0.0696. The Morgan fingerprint density at radius 2 is 2.50 bits per heavy atom. The quantitative estimate of drug-likeness (QED) is 0.727. The molecule has 1 aliphatic rings. The zero-order chi connectivity index (χ0) is 9.97. The number of rotatable bonds is 2. The lowest BCUT2D eigenvalue weighted by atomic mass is 10.0. The summed E-state index contributed by atoms with van der Waals surface area (Å²) in [5, 5.41) is 12.8. The van der Waals surface area contributed by atoms with E-state index >= 15 is 0 Å². The van der Waals surface area contributed by atoms with Gasteiger partial charge in [0.2, 0.25) is 0 Å². The van der Waals surface area contributed by atoms with Crippen molar-refractivity contribution in [2.45, 2.75) is 25.3 Å². The number of carboxylic acids is 1. The van der Waals surface area contributed by atoms with Crippen molar-refractivity contribution >= 4 is 5.97 Å². The standard InChI is InChI=1S/C10H12N2O2/c13-10(14)8-6-11-12(7-8)9-4-2-1-3-5-9/h2,4,6-7,9H,1,3,5H2,(H,13,14). The van der Waals surface area contributed by atoms with E-state index in [0.29, 0.717) is 0 Å². The molecule has 0 aliphatic heterocycles. The third-order valence-electron chi connectivity index (χ3n) is 2.42. The maximum Gasteiger partial charge on any atom is 0.338 e. The van der Waals surface area contributed by atoms with E-state index in [0.717, 1.165) is 19.3 Å². The van der Waals surface area contributed by atoms with E-state index in [1.54, 1.807) is 10.9 Å². The predicted octanol–water partition coefficient (Wildman–Crippen LogP) is 1.86. The van der Waals surface area contributed by atoms with Crippen LogP contribution in [0.1, 0.15) is 35.7 Å². The first-order valence-electron chi connectivity index (χ1n) is 4.71. The maximum absolute atomic E-state index is 10.6. The molecule has 1 unspecified atom stereocenters. The van der Waals surface area contributed by atoms with Crippen LogP contribution < -0.4 is 0 Å². The van der Waals surface area contributed by atoms with Crippen molar-refractivity contribution in [3.8, 4) is 0 Å². The zero-order valence-electron chi connectivity index (χ0n) is 7.76. The molecular weight excluding hydrogens is 180 g/mol. The van der Waals surface area contributed by atoms with Crippen LogP contribution in [0.5, 0.6) is 0 Å². The molecule has 0 amide bonds. The first-order valence-corrected chi connectivity index (χ1v) is 4.71. The highest BCUT2D eigenvalue weighted by molar-refractivity contribution is 5.86. The van der Waals surface area contributed by atoms with Gasteiger partial charge in [0, 0.05) is 6.20 Å². The summed E-state index contributed by atoms with van der Waals surface area (Å²) in [7, 11) is 0. The summed E-state index contributed by atoms with van der Waals surface area (Å²) >= 11 is 0. The van der Waals surface area contributed by atoms with Gasteiger partial charge in [-0.2, -0.15) is 5.10 Å². The normalized spacial score (nSPS) is 21.0. The second-order valence-corrected chi connectivity index (χ2v) is 3.44. The van der Waals surface area contributed by atoms with Crippen LogP contribution in [0.2, 0.25) is 0 Å². The van der Waals surface area contributed by atoms with E-state index in [9.17, 15) is 4.79 Å². The number of hydrogen-bond acceptors (Lipinski definition) is 2. The van der Waals surface area contributed by atoms with Crippen molar-refractivity contribution < 1.29 is 9.90 Å². The molecule has 0 fully saturated rings. The van der Waals surface area contributed by atoms with Gasteiger partial charge in [0.25, 0.3) is 0 Å². The Kier molecular flexibility index (Phi) is 2.35. The molecule has 2 rings (SSSR count). The Morgan fingerprint density at radius 1 is 1.64 bits per heavy atom. The number of carbonyl (C=O) groups is 1. The first-order chi connectivity index (χ1) is 6.77. The number of aromatic nitrogens is 2. The van der Waals surface area contributed by atoms with Gasteiger partial charge in [-0.3, -0.25) is 4.68 Å². The SMILES string of the molecule is O=C(O)c1cnn(C2C=CCCC2)c1. The van der Waals surface area contributed by atoms with Crippen LogP contribution in [-0.4, -0.2) is 20.9 Å². The number of carboxylic acid groups (broad SMARTS) is 1. The average molecular weight is 192 g/mol. The minimum Gasteiger partial charge on any atom is -0.478 e. The van der Waals surface area contributed by atoms with E-state index in [2.05, 4.69) is 17.3 Å². The summed E-state index contributed by atoms with van der Waals surface area (Å²) in [6.45, 7) is 0. The number of nitrogens with zero attached hydrogens (tertiary/aromatic N) is 2. The summed E-state index contributed by atoms with van der Waals surface area (Å²) in [5.74, 6) is -0.920. The van der Waals surface area contributed by atoms with E-state index < -0.39 is 5.97 Å². The molecule has 4 heteroatoms. The van der Waals surface area contributed by atoms with Gasteiger partial charge < -0.3 is 5.11 Å². The molecule has 14 heavy (non-hydrogen) atoms. The van der Waals surface area contributed by atoms with Crippen molar-refractivity contribution in [1.29, 1.82) is 0 Å². The maximum atomic E-state index is 10.6. The summed E-state index contributed by atoms with van der Waals surface area (Å²) < 4.78 is 1.72. The smallest absolute Gasteiger partial charge is 0.338 e. The van der Waals surface area contributed by atoms with Crippen molar-refractivity contribution in [3.05, 3.63) is 30.1 Å².